The van der Waals surface area contributed by atoms with Gasteiger partial charge >= 0.3 is 0 Å². The Morgan fingerprint density at radius 1 is 0.484 bits per heavy atom. The van der Waals surface area contributed by atoms with Crippen molar-refractivity contribution in [2.45, 2.75) is 105 Å². The minimum atomic E-state index is -3.60. The van der Waals surface area contributed by atoms with E-state index in [-0.39, 0.29) is 22.7 Å². The van der Waals surface area contributed by atoms with E-state index in [1.165, 1.54) is 6.07 Å². The first-order valence-electron chi connectivity index (χ1n) is 25.7. The highest BCUT2D eigenvalue weighted by atomic mass is 16.3. The number of pyridine rings is 1. The first-order valence-corrected chi connectivity index (χ1v) is 21.2. The van der Waals surface area contributed by atoms with Gasteiger partial charge in [-0.25, -0.2) is 4.98 Å². The molecule has 0 radical (unpaired) electrons. The Morgan fingerprint density at radius 3 is 1.71 bits per heavy atom. The summed E-state index contributed by atoms with van der Waals surface area (Å²) in [5.74, 6) is 0.0939. The van der Waals surface area contributed by atoms with Crippen LogP contribution < -0.4 is 0 Å². The van der Waals surface area contributed by atoms with Gasteiger partial charge in [0, 0.05) is 35.2 Å². The van der Waals surface area contributed by atoms with Gasteiger partial charge in [0.2, 0.25) is 0 Å². The fraction of sp³-hybridized carbons (Fsp3) is 0.276. The molecule has 2 aromatic heterocycles. The van der Waals surface area contributed by atoms with Gasteiger partial charge < -0.3 is 5.11 Å². The average Bonchev–Trinajstić information content (AvgIpc) is 3.66. The summed E-state index contributed by atoms with van der Waals surface area (Å²) in [6.45, 7) is 7.84. The number of phenolic OH excluding ortho intramolecular Hbond substituents is 1. The van der Waals surface area contributed by atoms with Gasteiger partial charge in [-0.3, -0.25) is 9.55 Å². The van der Waals surface area contributed by atoms with Gasteiger partial charge in [0.1, 0.15) is 11.6 Å². The molecule has 8 rings (SSSR count). The van der Waals surface area contributed by atoms with Crippen LogP contribution in [0.2, 0.25) is 0 Å². The lowest BCUT2D eigenvalue weighted by molar-refractivity contribution is 0.446. The van der Waals surface area contributed by atoms with Gasteiger partial charge in [0.25, 0.3) is 0 Å². The molecule has 0 unspecified atom stereocenters. The zero-order chi connectivity index (χ0) is 51.9. The number of fused-ring (bicyclic) bond motifs is 1. The van der Waals surface area contributed by atoms with E-state index in [0.29, 0.717) is 38.9 Å². The third kappa shape index (κ3) is 8.23. The Kier molecular flexibility index (Phi) is 8.15. The number of phenols is 1. The van der Waals surface area contributed by atoms with Crippen LogP contribution in [0.1, 0.15) is 117 Å². The number of aromatic hydroxyl groups is 1. The van der Waals surface area contributed by atoms with E-state index in [1.807, 2.05) is 75.4 Å². The lowest BCUT2D eigenvalue weighted by atomic mass is 9.78. The lowest BCUT2D eigenvalue weighted by Crippen LogP contribution is -2.18. The van der Waals surface area contributed by atoms with Crippen molar-refractivity contribution >= 4 is 11.0 Å². The molecule has 0 amide bonds. The Labute approximate surface area is 382 Å². The number of imidazole rings is 1. The highest BCUT2D eigenvalue weighted by Gasteiger charge is 2.30. The molecule has 0 saturated heterocycles. The number of aromatic nitrogens is 3. The zero-order valence-electron chi connectivity index (χ0n) is 46.1. The van der Waals surface area contributed by atoms with Crippen LogP contribution in [0, 0.1) is 0 Å². The minimum absolute atomic E-state index is 0.0216. The Balaban J connectivity index is 1.55. The van der Waals surface area contributed by atoms with Crippen LogP contribution in [0.4, 0.5) is 0 Å². The molecule has 4 nitrogen and oxygen atoms in total. The molecule has 0 saturated carbocycles. The van der Waals surface area contributed by atoms with Crippen molar-refractivity contribution in [3.63, 3.8) is 0 Å². The summed E-state index contributed by atoms with van der Waals surface area (Å²) < 4.78 is 82.7. The normalized spacial score (nSPS) is 15.3. The van der Waals surface area contributed by atoms with E-state index in [4.69, 9.17) is 22.3 Å². The summed E-state index contributed by atoms with van der Waals surface area (Å²) in [5.41, 5.74) is 4.72. The van der Waals surface area contributed by atoms with Crippen LogP contribution in [0.3, 0.4) is 0 Å². The smallest absolute Gasteiger partial charge is 0.149 e. The third-order valence-corrected chi connectivity index (χ3v) is 11.7. The number of hydrogen-bond donors (Lipinski definition) is 1. The Bertz CT molecular complexity index is 3240. The number of para-hydroxylation sites is 1. The van der Waals surface area contributed by atoms with E-state index in [2.05, 4.69) is 77.9 Å². The van der Waals surface area contributed by atoms with Crippen molar-refractivity contribution in [2.75, 3.05) is 0 Å². The third-order valence-electron chi connectivity index (χ3n) is 11.7. The lowest BCUT2D eigenvalue weighted by Gasteiger charge is -2.28. The SMILES string of the molecule is [2H]C([2H])([2H])C(c1cc(-c2ccccc2)ccc1-n1c(-c2cc(C(C)(C)C)cc(C(C)(C)C)c2O)nc2c(-c3cc(-c4cc(-c5ccccc5)ccn4)cc(C(C)(C)C)c3)cccc21)(C([2H])([2H])[2H])C([2H])([2H])[2H]. The van der Waals surface area contributed by atoms with E-state index in [1.54, 1.807) is 53.2 Å². The molecule has 0 aliphatic heterocycles. The molecule has 0 aliphatic rings. The first-order chi connectivity index (χ1) is 32.9. The molecule has 6 aromatic carbocycles. The maximum absolute atomic E-state index is 12.6. The molecule has 314 valence electrons. The van der Waals surface area contributed by atoms with E-state index in [0.717, 1.165) is 39.1 Å². The highest BCUT2D eigenvalue weighted by molar-refractivity contribution is 5.97. The average molecular weight is 825 g/mol. The molecule has 1 N–H and O–H groups in total. The second-order valence-corrected chi connectivity index (χ2v) is 19.6. The second kappa shape index (κ2) is 15.6. The summed E-state index contributed by atoms with van der Waals surface area (Å²) in [5, 5.41) is 12.6. The Morgan fingerprint density at radius 2 is 1.10 bits per heavy atom. The summed E-state index contributed by atoms with van der Waals surface area (Å²) in [4.78, 5) is 10.3. The molecule has 4 heteroatoms. The fourth-order valence-corrected chi connectivity index (χ4v) is 8.17. The van der Waals surface area contributed by atoms with Gasteiger partial charge in [-0.15, -0.1) is 0 Å². The summed E-state index contributed by atoms with van der Waals surface area (Å²) in [6.07, 6.45) is 1.80. The van der Waals surface area contributed by atoms with Crippen LogP contribution >= 0.6 is 0 Å². The zero-order valence-corrected chi connectivity index (χ0v) is 37.1. The highest BCUT2D eigenvalue weighted by Crippen LogP contribution is 2.46. The summed E-state index contributed by atoms with van der Waals surface area (Å²) >= 11 is 0. The number of hydrogen-bond acceptors (Lipinski definition) is 3. The second-order valence-electron chi connectivity index (χ2n) is 19.6. The molecule has 0 aliphatic carbocycles. The summed E-state index contributed by atoms with van der Waals surface area (Å²) in [7, 11) is 0. The van der Waals surface area contributed by atoms with Crippen LogP contribution in [-0.2, 0) is 21.7 Å². The van der Waals surface area contributed by atoms with Crippen LogP contribution in [0.5, 0.6) is 5.75 Å². The van der Waals surface area contributed by atoms with E-state index < -0.39 is 42.4 Å². The Hall–Kier alpha value is -6.26. The van der Waals surface area contributed by atoms with Crippen molar-refractivity contribution in [3.05, 3.63) is 168 Å². The van der Waals surface area contributed by atoms with Crippen LogP contribution in [0.25, 0.3) is 72.7 Å². The van der Waals surface area contributed by atoms with Crippen molar-refractivity contribution in [2.24, 2.45) is 0 Å². The van der Waals surface area contributed by atoms with Gasteiger partial charge in [-0.1, -0.05) is 174 Å². The van der Waals surface area contributed by atoms with Gasteiger partial charge in [-0.05, 0) is 115 Å². The first kappa shape index (κ1) is 32.5. The molecular weight excluding hydrogens is 755 g/mol. The maximum Gasteiger partial charge on any atom is 0.149 e. The fourth-order valence-electron chi connectivity index (χ4n) is 8.17. The van der Waals surface area contributed by atoms with Gasteiger partial charge in [0.05, 0.1) is 28.0 Å². The number of nitrogens with zero attached hydrogens (tertiary/aromatic N) is 3. The molecule has 62 heavy (non-hydrogen) atoms. The van der Waals surface area contributed by atoms with E-state index in [9.17, 15) is 5.11 Å². The molecule has 0 bridgehead atoms. The molecular formula is C58H61N3O. The predicted molar refractivity (Wildman–Crippen MR) is 263 cm³/mol. The van der Waals surface area contributed by atoms with Gasteiger partial charge in [-0.2, -0.15) is 0 Å². The van der Waals surface area contributed by atoms with Crippen molar-refractivity contribution in [3.8, 4) is 67.5 Å². The monoisotopic (exact) mass is 825 g/mol. The van der Waals surface area contributed by atoms with Crippen molar-refractivity contribution in [1.29, 1.82) is 0 Å². The predicted octanol–water partition coefficient (Wildman–Crippen LogP) is 15.7. The molecule has 8 aromatic rings. The molecule has 0 spiro atoms. The number of benzene rings is 6. The molecule has 0 atom stereocenters. The number of rotatable bonds is 6. The van der Waals surface area contributed by atoms with Crippen LogP contribution in [0.15, 0.2) is 146 Å². The maximum atomic E-state index is 12.6. The topological polar surface area (TPSA) is 50.9 Å². The quantitative estimate of drug-likeness (QED) is 0.182. The molecule has 0 fully saturated rings. The summed E-state index contributed by atoms with van der Waals surface area (Å²) in [6, 6.07) is 43.7. The standard InChI is InChI=1S/C58H61N3O/c1-55(2,3)43-31-41(30-42(32-43)49-34-40(28-29-59-49)38-22-17-14-18-23-38)45-24-19-25-51-52(45)60-54(46-35-44(56(4,5)6)36-48(53(46)62)58(10,11)12)61(51)50-27-26-39(33-47(50)57(7,8)9)37-20-15-13-16-21-37/h13-36,62H,1-12H3/i7D3,8D3,9D3. The minimum Gasteiger partial charge on any atom is -0.507 e. The van der Waals surface area contributed by atoms with Crippen molar-refractivity contribution < 1.29 is 17.4 Å². The van der Waals surface area contributed by atoms with Gasteiger partial charge in [0.15, 0.2) is 0 Å². The largest absolute Gasteiger partial charge is 0.507 e. The van der Waals surface area contributed by atoms with Crippen LogP contribution in [-0.4, -0.2) is 19.6 Å². The van der Waals surface area contributed by atoms with E-state index >= 15 is 0 Å². The molecule has 2 heterocycles. The van der Waals surface area contributed by atoms with Crippen molar-refractivity contribution in [1.82, 2.24) is 14.5 Å².